The number of aliphatic carboxylic acids is 1. The van der Waals surface area contributed by atoms with E-state index in [1.807, 2.05) is 30.5 Å². The van der Waals surface area contributed by atoms with Gasteiger partial charge in [0.25, 0.3) is 0 Å². The SMILES string of the molecule is CC(c1nc2ccc(N[C@@H](C)C(=O)O)cc2[nH]1)C1CCC(c2ccnc3ccc(F)cc23)CC1. The first-order valence-corrected chi connectivity index (χ1v) is 11.9. The van der Waals surface area contributed by atoms with E-state index < -0.39 is 12.0 Å². The number of aromatic amines is 1. The van der Waals surface area contributed by atoms with Crippen molar-refractivity contribution in [2.45, 2.75) is 57.4 Å². The number of rotatable bonds is 6. The van der Waals surface area contributed by atoms with Crippen LogP contribution in [0.2, 0.25) is 0 Å². The molecule has 1 unspecified atom stereocenters. The average molecular weight is 461 g/mol. The zero-order chi connectivity index (χ0) is 23.8. The molecule has 0 spiro atoms. The molecule has 7 heteroatoms. The number of pyridine rings is 1. The molecule has 0 bridgehead atoms. The molecule has 1 aliphatic carbocycles. The monoisotopic (exact) mass is 460 g/mol. The van der Waals surface area contributed by atoms with E-state index in [0.717, 1.165) is 59.1 Å². The molecule has 5 rings (SSSR count). The molecule has 2 aromatic heterocycles. The Bertz CT molecular complexity index is 1340. The summed E-state index contributed by atoms with van der Waals surface area (Å²) >= 11 is 0. The Hall–Kier alpha value is -3.48. The van der Waals surface area contributed by atoms with Crippen molar-refractivity contribution in [2.75, 3.05) is 5.32 Å². The number of hydrogen-bond acceptors (Lipinski definition) is 4. The molecule has 0 saturated heterocycles. The fourth-order valence-electron chi connectivity index (χ4n) is 5.30. The largest absolute Gasteiger partial charge is 0.480 e. The van der Waals surface area contributed by atoms with E-state index in [4.69, 9.17) is 10.1 Å². The van der Waals surface area contributed by atoms with Crippen LogP contribution >= 0.6 is 0 Å². The van der Waals surface area contributed by atoms with Gasteiger partial charge in [-0.15, -0.1) is 0 Å². The number of H-pyrrole nitrogens is 1. The molecular weight excluding hydrogens is 431 g/mol. The summed E-state index contributed by atoms with van der Waals surface area (Å²) in [7, 11) is 0. The van der Waals surface area contributed by atoms with Crippen LogP contribution in [0.1, 0.15) is 62.8 Å². The summed E-state index contributed by atoms with van der Waals surface area (Å²) in [5.74, 6) is 1.08. The average Bonchev–Trinajstić information content (AvgIpc) is 3.26. The number of imidazole rings is 1. The number of halogens is 1. The summed E-state index contributed by atoms with van der Waals surface area (Å²) in [5, 5.41) is 13.1. The molecule has 6 nitrogen and oxygen atoms in total. The molecule has 1 aliphatic rings. The Balaban J connectivity index is 1.29. The third-order valence-corrected chi connectivity index (χ3v) is 7.34. The number of aromatic nitrogens is 3. The Morgan fingerprint density at radius 1 is 1.09 bits per heavy atom. The second-order valence-corrected chi connectivity index (χ2v) is 9.52. The van der Waals surface area contributed by atoms with E-state index in [9.17, 15) is 9.18 Å². The summed E-state index contributed by atoms with van der Waals surface area (Å²) in [4.78, 5) is 23.8. The molecule has 0 amide bonds. The van der Waals surface area contributed by atoms with Gasteiger partial charge >= 0.3 is 5.97 Å². The fraction of sp³-hybridized carbons (Fsp3) is 0.370. The van der Waals surface area contributed by atoms with Gasteiger partial charge in [0.15, 0.2) is 0 Å². The molecule has 0 aliphatic heterocycles. The van der Waals surface area contributed by atoms with Gasteiger partial charge < -0.3 is 15.4 Å². The quantitative estimate of drug-likeness (QED) is 0.318. The van der Waals surface area contributed by atoms with Gasteiger partial charge in [-0.2, -0.15) is 0 Å². The number of anilines is 1. The van der Waals surface area contributed by atoms with Gasteiger partial charge in [0.2, 0.25) is 0 Å². The Morgan fingerprint density at radius 2 is 1.85 bits per heavy atom. The van der Waals surface area contributed by atoms with Crippen molar-refractivity contribution in [3.8, 4) is 0 Å². The zero-order valence-corrected chi connectivity index (χ0v) is 19.4. The molecule has 1 fully saturated rings. The number of hydrogen-bond donors (Lipinski definition) is 3. The van der Waals surface area contributed by atoms with Gasteiger partial charge in [0, 0.05) is 23.2 Å². The summed E-state index contributed by atoms with van der Waals surface area (Å²) in [6.45, 7) is 3.85. The van der Waals surface area contributed by atoms with Gasteiger partial charge in [-0.25, -0.2) is 9.37 Å². The lowest BCUT2D eigenvalue weighted by Crippen LogP contribution is -2.25. The van der Waals surface area contributed by atoms with Crippen LogP contribution in [0, 0.1) is 11.7 Å². The Labute approximate surface area is 197 Å². The fourth-order valence-corrected chi connectivity index (χ4v) is 5.30. The summed E-state index contributed by atoms with van der Waals surface area (Å²) in [6, 6.07) is 11.9. The van der Waals surface area contributed by atoms with Gasteiger partial charge in [0.05, 0.1) is 16.6 Å². The van der Waals surface area contributed by atoms with Gasteiger partial charge in [0.1, 0.15) is 17.7 Å². The van der Waals surface area contributed by atoms with Crippen molar-refractivity contribution in [3.63, 3.8) is 0 Å². The molecule has 1 saturated carbocycles. The van der Waals surface area contributed by atoms with Crippen molar-refractivity contribution in [1.82, 2.24) is 15.0 Å². The predicted octanol–water partition coefficient (Wildman–Crippen LogP) is 6.21. The van der Waals surface area contributed by atoms with E-state index in [1.54, 1.807) is 19.1 Å². The molecule has 2 aromatic carbocycles. The molecule has 34 heavy (non-hydrogen) atoms. The van der Waals surface area contributed by atoms with Crippen LogP contribution in [-0.2, 0) is 4.79 Å². The van der Waals surface area contributed by atoms with Crippen molar-refractivity contribution in [3.05, 3.63) is 65.9 Å². The smallest absolute Gasteiger partial charge is 0.325 e. The van der Waals surface area contributed by atoms with Gasteiger partial charge in [-0.1, -0.05) is 6.92 Å². The number of carboxylic acids is 1. The second-order valence-electron chi connectivity index (χ2n) is 9.52. The zero-order valence-electron chi connectivity index (χ0n) is 19.4. The predicted molar refractivity (Wildman–Crippen MR) is 132 cm³/mol. The first-order chi connectivity index (χ1) is 16.4. The first-order valence-electron chi connectivity index (χ1n) is 11.9. The van der Waals surface area contributed by atoms with Gasteiger partial charge in [-0.3, -0.25) is 9.78 Å². The van der Waals surface area contributed by atoms with Crippen LogP contribution in [-0.4, -0.2) is 32.1 Å². The normalized spacial score (nSPS) is 20.3. The van der Waals surface area contributed by atoms with E-state index >= 15 is 0 Å². The van der Waals surface area contributed by atoms with Crippen LogP contribution in [0.25, 0.3) is 21.9 Å². The maximum absolute atomic E-state index is 13.9. The number of fused-ring (bicyclic) bond motifs is 2. The number of benzene rings is 2. The van der Waals surface area contributed by atoms with Crippen molar-refractivity contribution >= 4 is 33.6 Å². The van der Waals surface area contributed by atoms with Crippen LogP contribution in [0.15, 0.2) is 48.7 Å². The third-order valence-electron chi connectivity index (χ3n) is 7.34. The lowest BCUT2D eigenvalue weighted by molar-refractivity contribution is -0.137. The number of nitrogens with zero attached hydrogens (tertiary/aromatic N) is 2. The minimum Gasteiger partial charge on any atom is -0.480 e. The molecule has 2 atom stereocenters. The first kappa shape index (κ1) is 22.3. The van der Waals surface area contributed by atoms with E-state index in [-0.39, 0.29) is 11.7 Å². The van der Waals surface area contributed by atoms with Crippen LogP contribution in [0.5, 0.6) is 0 Å². The van der Waals surface area contributed by atoms with Crippen LogP contribution < -0.4 is 5.32 Å². The Morgan fingerprint density at radius 3 is 2.62 bits per heavy atom. The highest BCUT2D eigenvalue weighted by molar-refractivity contribution is 5.83. The van der Waals surface area contributed by atoms with E-state index in [0.29, 0.717) is 11.8 Å². The maximum atomic E-state index is 13.9. The topological polar surface area (TPSA) is 90.9 Å². The minimum atomic E-state index is -0.889. The molecule has 4 aromatic rings. The molecule has 0 radical (unpaired) electrons. The Kier molecular flexibility index (Phi) is 5.94. The molecule has 2 heterocycles. The van der Waals surface area contributed by atoms with Crippen molar-refractivity contribution in [2.24, 2.45) is 5.92 Å². The van der Waals surface area contributed by atoms with Crippen molar-refractivity contribution in [1.29, 1.82) is 0 Å². The maximum Gasteiger partial charge on any atom is 0.325 e. The second kappa shape index (κ2) is 9.05. The highest BCUT2D eigenvalue weighted by Gasteiger charge is 2.29. The van der Waals surface area contributed by atoms with E-state index in [2.05, 4.69) is 22.2 Å². The van der Waals surface area contributed by atoms with Gasteiger partial charge in [-0.05, 0) is 92.5 Å². The molecular formula is C27H29FN4O2. The molecule has 3 N–H and O–H groups in total. The van der Waals surface area contributed by atoms with E-state index in [1.165, 1.54) is 11.6 Å². The van der Waals surface area contributed by atoms with Crippen molar-refractivity contribution < 1.29 is 14.3 Å². The highest BCUT2D eigenvalue weighted by atomic mass is 19.1. The lowest BCUT2D eigenvalue weighted by atomic mass is 9.73. The lowest BCUT2D eigenvalue weighted by Gasteiger charge is -2.32. The summed E-state index contributed by atoms with van der Waals surface area (Å²) in [5.41, 5.74) is 4.60. The standard InChI is InChI=1S/C27H29FN4O2/c1-15(26-31-24-10-8-20(14-25(24)32-26)30-16(2)27(33)34)17-3-5-18(6-4-17)21-11-12-29-23-9-7-19(28)13-22(21)23/h7-18,30H,3-6H2,1-2H3,(H,31,32)(H,33,34)/t15?,16-,17?,18?/m0/s1. The van der Waals surface area contributed by atoms with Crippen LogP contribution in [0.3, 0.4) is 0 Å². The minimum absolute atomic E-state index is 0.218. The summed E-state index contributed by atoms with van der Waals surface area (Å²) < 4.78 is 13.9. The molecule has 176 valence electrons. The third kappa shape index (κ3) is 4.34. The number of carboxylic acid groups (broad SMARTS) is 1. The highest BCUT2D eigenvalue weighted by Crippen LogP contribution is 2.43. The number of nitrogens with one attached hydrogen (secondary N) is 2. The van der Waals surface area contributed by atoms with Crippen LogP contribution in [0.4, 0.5) is 10.1 Å². The number of carbonyl (C=O) groups is 1. The summed E-state index contributed by atoms with van der Waals surface area (Å²) in [6.07, 6.45) is 6.13.